The Hall–Kier alpha value is -1.42. The van der Waals surface area contributed by atoms with Crippen molar-refractivity contribution in [3.63, 3.8) is 0 Å². The van der Waals surface area contributed by atoms with Gasteiger partial charge in [-0.2, -0.15) is 0 Å². The summed E-state index contributed by atoms with van der Waals surface area (Å²) in [6.07, 6.45) is 2.24. The van der Waals surface area contributed by atoms with Gasteiger partial charge in [0.25, 0.3) is 0 Å². The maximum Gasteiger partial charge on any atom is 0.163 e. The van der Waals surface area contributed by atoms with E-state index in [1.807, 2.05) is 18.2 Å². The molecule has 2 N–H and O–H groups in total. The Labute approximate surface area is 116 Å². The van der Waals surface area contributed by atoms with Gasteiger partial charge >= 0.3 is 0 Å². The van der Waals surface area contributed by atoms with Crippen molar-refractivity contribution < 1.29 is 9.47 Å². The molecule has 0 amide bonds. The summed E-state index contributed by atoms with van der Waals surface area (Å²) >= 11 is 0. The number of ether oxygens (including phenoxy) is 2. The Bertz CT molecular complexity index is 380. The van der Waals surface area contributed by atoms with Crippen LogP contribution in [0.3, 0.4) is 0 Å². The highest BCUT2D eigenvalue weighted by molar-refractivity contribution is 5.51. The molecule has 0 saturated heterocycles. The molecular formula is C15H26N2O2. The van der Waals surface area contributed by atoms with E-state index >= 15 is 0 Å². The number of anilines is 1. The Morgan fingerprint density at radius 3 is 2.58 bits per heavy atom. The number of methoxy groups -OCH3 is 1. The van der Waals surface area contributed by atoms with E-state index in [1.165, 1.54) is 0 Å². The molecule has 4 nitrogen and oxygen atoms in total. The lowest BCUT2D eigenvalue weighted by molar-refractivity contribution is 0.214. The summed E-state index contributed by atoms with van der Waals surface area (Å²) in [6.45, 7) is 3.97. The van der Waals surface area contributed by atoms with Crippen molar-refractivity contribution in [2.45, 2.75) is 19.8 Å². The fourth-order valence-corrected chi connectivity index (χ4v) is 1.86. The molecule has 0 radical (unpaired) electrons. The summed E-state index contributed by atoms with van der Waals surface area (Å²) in [6, 6.07) is 5.47. The van der Waals surface area contributed by atoms with Crippen LogP contribution < -0.4 is 15.2 Å². The largest absolute Gasteiger partial charge is 0.493 e. The summed E-state index contributed by atoms with van der Waals surface area (Å²) in [5.41, 5.74) is 6.47. The second kappa shape index (κ2) is 7.89. The minimum atomic E-state index is 0.550. The number of hydrogen-bond acceptors (Lipinski definition) is 4. The average Bonchev–Trinajstić information content (AvgIpc) is 2.39. The van der Waals surface area contributed by atoms with Gasteiger partial charge in [-0.05, 0) is 45.1 Å². The predicted octanol–water partition coefficient (Wildman–Crippen LogP) is 2.63. The van der Waals surface area contributed by atoms with E-state index in [-0.39, 0.29) is 0 Å². The topological polar surface area (TPSA) is 47.7 Å². The molecule has 1 rings (SSSR count). The first-order valence-electron chi connectivity index (χ1n) is 6.77. The van der Waals surface area contributed by atoms with Gasteiger partial charge < -0.3 is 20.1 Å². The Morgan fingerprint density at radius 2 is 2.00 bits per heavy atom. The molecular weight excluding hydrogens is 240 g/mol. The van der Waals surface area contributed by atoms with Crippen molar-refractivity contribution in [3.05, 3.63) is 18.2 Å². The molecule has 0 spiro atoms. The third-order valence-electron chi connectivity index (χ3n) is 3.22. The van der Waals surface area contributed by atoms with Gasteiger partial charge in [0.15, 0.2) is 11.5 Å². The van der Waals surface area contributed by atoms with Crippen molar-refractivity contribution in [2.24, 2.45) is 5.92 Å². The standard InChI is InChI=1S/C15H26N2O2/c1-5-12(8-9-17(2)3)11-19-15-10-13(16)6-7-14(15)18-4/h6-7,10,12H,5,8-9,11,16H2,1-4H3. The highest BCUT2D eigenvalue weighted by atomic mass is 16.5. The number of nitrogen functional groups attached to an aromatic ring is 1. The molecule has 19 heavy (non-hydrogen) atoms. The highest BCUT2D eigenvalue weighted by Crippen LogP contribution is 2.29. The van der Waals surface area contributed by atoms with Gasteiger partial charge in [0.1, 0.15) is 0 Å². The summed E-state index contributed by atoms with van der Waals surface area (Å²) in [4.78, 5) is 2.20. The summed E-state index contributed by atoms with van der Waals surface area (Å²) in [5, 5.41) is 0. The van der Waals surface area contributed by atoms with Crippen molar-refractivity contribution in [1.82, 2.24) is 4.90 Å². The molecule has 1 aromatic rings. The first-order chi connectivity index (χ1) is 9.06. The quantitative estimate of drug-likeness (QED) is 0.735. The number of nitrogens with two attached hydrogens (primary N) is 1. The maximum absolute atomic E-state index is 5.87. The number of rotatable bonds is 8. The van der Waals surface area contributed by atoms with Crippen LogP contribution in [0.1, 0.15) is 19.8 Å². The van der Waals surface area contributed by atoms with Crippen molar-refractivity contribution in [3.8, 4) is 11.5 Å². The van der Waals surface area contributed by atoms with Crippen LogP contribution in [-0.2, 0) is 0 Å². The molecule has 0 bridgehead atoms. The van der Waals surface area contributed by atoms with Crippen LogP contribution >= 0.6 is 0 Å². The van der Waals surface area contributed by atoms with E-state index < -0.39 is 0 Å². The van der Waals surface area contributed by atoms with E-state index in [0.29, 0.717) is 18.2 Å². The van der Waals surface area contributed by atoms with Gasteiger partial charge in [-0.25, -0.2) is 0 Å². The molecule has 0 aromatic heterocycles. The Kier molecular flexibility index (Phi) is 6.50. The third kappa shape index (κ3) is 5.39. The van der Waals surface area contributed by atoms with Crippen LogP contribution in [0.25, 0.3) is 0 Å². The minimum Gasteiger partial charge on any atom is -0.493 e. The van der Waals surface area contributed by atoms with E-state index in [1.54, 1.807) is 7.11 Å². The summed E-state index contributed by atoms with van der Waals surface area (Å²) < 4.78 is 11.1. The minimum absolute atomic E-state index is 0.550. The second-order valence-corrected chi connectivity index (χ2v) is 5.09. The number of hydrogen-bond donors (Lipinski definition) is 1. The fraction of sp³-hybridized carbons (Fsp3) is 0.600. The van der Waals surface area contributed by atoms with E-state index in [2.05, 4.69) is 25.9 Å². The SMILES string of the molecule is CCC(CCN(C)C)COc1cc(N)ccc1OC. The molecule has 1 aromatic carbocycles. The summed E-state index contributed by atoms with van der Waals surface area (Å²) in [5.74, 6) is 2.01. The molecule has 1 unspecified atom stereocenters. The zero-order chi connectivity index (χ0) is 14.3. The van der Waals surface area contributed by atoms with Gasteiger partial charge in [-0.3, -0.25) is 0 Å². The number of benzene rings is 1. The van der Waals surface area contributed by atoms with Crippen LogP contribution in [0.2, 0.25) is 0 Å². The molecule has 1 atom stereocenters. The Balaban J connectivity index is 2.56. The zero-order valence-electron chi connectivity index (χ0n) is 12.5. The predicted molar refractivity (Wildman–Crippen MR) is 79.9 cm³/mol. The lowest BCUT2D eigenvalue weighted by Gasteiger charge is -2.19. The molecule has 0 aliphatic heterocycles. The second-order valence-electron chi connectivity index (χ2n) is 5.09. The molecule has 0 heterocycles. The zero-order valence-corrected chi connectivity index (χ0v) is 12.5. The van der Waals surface area contributed by atoms with Crippen molar-refractivity contribution >= 4 is 5.69 Å². The van der Waals surface area contributed by atoms with E-state index in [4.69, 9.17) is 15.2 Å². The first kappa shape index (κ1) is 15.6. The Morgan fingerprint density at radius 1 is 1.26 bits per heavy atom. The van der Waals surface area contributed by atoms with Crippen LogP contribution in [0.15, 0.2) is 18.2 Å². The van der Waals surface area contributed by atoms with Crippen LogP contribution in [0.5, 0.6) is 11.5 Å². The molecule has 4 heteroatoms. The lowest BCUT2D eigenvalue weighted by Crippen LogP contribution is -2.20. The van der Waals surface area contributed by atoms with Gasteiger partial charge in [-0.15, -0.1) is 0 Å². The number of nitrogens with zero attached hydrogens (tertiary/aromatic N) is 1. The summed E-state index contributed by atoms with van der Waals surface area (Å²) in [7, 11) is 5.82. The van der Waals surface area contributed by atoms with E-state index in [9.17, 15) is 0 Å². The lowest BCUT2D eigenvalue weighted by atomic mass is 10.0. The maximum atomic E-state index is 5.87. The van der Waals surface area contributed by atoms with Crippen molar-refractivity contribution in [2.75, 3.05) is 40.1 Å². The molecule has 108 valence electrons. The highest BCUT2D eigenvalue weighted by Gasteiger charge is 2.10. The average molecular weight is 266 g/mol. The molecule has 0 aliphatic carbocycles. The fourth-order valence-electron chi connectivity index (χ4n) is 1.86. The first-order valence-corrected chi connectivity index (χ1v) is 6.77. The van der Waals surface area contributed by atoms with Crippen LogP contribution in [-0.4, -0.2) is 39.3 Å². The van der Waals surface area contributed by atoms with Gasteiger partial charge in [0.2, 0.25) is 0 Å². The van der Waals surface area contributed by atoms with Gasteiger partial charge in [0.05, 0.1) is 13.7 Å². The van der Waals surface area contributed by atoms with Gasteiger partial charge in [-0.1, -0.05) is 13.3 Å². The van der Waals surface area contributed by atoms with Crippen molar-refractivity contribution in [1.29, 1.82) is 0 Å². The van der Waals surface area contributed by atoms with Gasteiger partial charge in [0, 0.05) is 11.8 Å². The third-order valence-corrected chi connectivity index (χ3v) is 3.22. The molecule has 0 aliphatic rings. The van der Waals surface area contributed by atoms with Crippen LogP contribution in [0, 0.1) is 5.92 Å². The smallest absolute Gasteiger partial charge is 0.163 e. The monoisotopic (exact) mass is 266 g/mol. The molecule has 0 saturated carbocycles. The van der Waals surface area contributed by atoms with E-state index in [0.717, 1.165) is 30.9 Å². The molecule has 0 fully saturated rings. The van der Waals surface area contributed by atoms with Crippen LogP contribution in [0.4, 0.5) is 5.69 Å². The normalized spacial score (nSPS) is 12.5.